The van der Waals surface area contributed by atoms with E-state index in [1.165, 1.54) is 0 Å². The molecule has 0 spiro atoms. The van der Waals surface area contributed by atoms with Gasteiger partial charge in [0.25, 0.3) is 5.91 Å². The molecule has 0 N–H and O–H groups in total. The van der Waals surface area contributed by atoms with Crippen LogP contribution in [-0.2, 0) is 23.1 Å². The van der Waals surface area contributed by atoms with Crippen LogP contribution in [0.25, 0.3) is 0 Å². The third-order valence-corrected chi connectivity index (χ3v) is 5.64. The van der Waals surface area contributed by atoms with Crippen LogP contribution in [0.15, 0.2) is 47.1 Å². The molecular weight excluding hydrogens is 458 g/mol. The Morgan fingerprint density at radius 3 is 2.48 bits per heavy atom. The Kier molecular flexibility index (Phi) is 10.8. The van der Waals surface area contributed by atoms with Crippen molar-refractivity contribution in [1.82, 2.24) is 14.4 Å². The summed E-state index contributed by atoms with van der Waals surface area (Å²) >= 11 is 3.43. The lowest BCUT2D eigenvalue weighted by molar-refractivity contribution is -0.132. The van der Waals surface area contributed by atoms with Gasteiger partial charge in [0, 0.05) is 55.3 Å². The van der Waals surface area contributed by atoms with Crippen LogP contribution < -0.4 is 0 Å². The molecule has 0 saturated carbocycles. The van der Waals surface area contributed by atoms with Gasteiger partial charge in [-0.1, -0.05) is 35.3 Å². The Hall–Kier alpha value is -2.12. The molecule has 1 aromatic carbocycles. The molecule has 2 amide bonds. The number of carbonyl (C=O) groups excluding carboxylic acids is 2. The summed E-state index contributed by atoms with van der Waals surface area (Å²) in [5.41, 5.74) is 1.65. The highest BCUT2D eigenvalue weighted by atomic mass is 79.9. The largest absolute Gasteiger partial charge is 0.382 e. The average molecular weight is 492 g/mol. The van der Waals surface area contributed by atoms with Crippen LogP contribution in [0.2, 0.25) is 0 Å². The van der Waals surface area contributed by atoms with E-state index in [0.717, 1.165) is 23.0 Å². The standard InChI is InChI=1S/C24H34BrN3O3/c1-4-6-14-27(18-22-12-8-13-26(22)3)23(29)19-28(15-9-16-31-5-2)24(30)20-10-7-11-21(25)17-20/h7-8,10-13,17H,4-6,9,14-16,18-19H2,1-3H3. The minimum Gasteiger partial charge on any atom is -0.382 e. The van der Waals surface area contributed by atoms with Gasteiger partial charge in [-0.15, -0.1) is 0 Å². The van der Waals surface area contributed by atoms with Crippen LogP contribution in [0.3, 0.4) is 0 Å². The predicted molar refractivity (Wildman–Crippen MR) is 127 cm³/mol. The van der Waals surface area contributed by atoms with E-state index in [0.29, 0.717) is 44.8 Å². The first-order valence-electron chi connectivity index (χ1n) is 11.0. The Balaban J connectivity index is 2.15. The maximum Gasteiger partial charge on any atom is 0.254 e. The van der Waals surface area contributed by atoms with Crippen molar-refractivity contribution >= 4 is 27.7 Å². The van der Waals surface area contributed by atoms with Crippen molar-refractivity contribution in [3.8, 4) is 0 Å². The summed E-state index contributed by atoms with van der Waals surface area (Å²) in [4.78, 5) is 30.0. The second kappa shape index (κ2) is 13.3. The molecule has 2 aromatic rings. The van der Waals surface area contributed by atoms with Crippen LogP contribution in [0.1, 0.15) is 49.2 Å². The van der Waals surface area contributed by atoms with Gasteiger partial charge in [-0.2, -0.15) is 0 Å². The van der Waals surface area contributed by atoms with E-state index in [1.54, 1.807) is 17.0 Å². The first kappa shape index (κ1) is 25.1. The summed E-state index contributed by atoms with van der Waals surface area (Å²) in [5, 5.41) is 0. The van der Waals surface area contributed by atoms with Crippen LogP contribution in [0, 0.1) is 0 Å². The van der Waals surface area contributed by atoms with E-state index >= 15 is 0 Å². The first-order chi connectivity index (χ1) is 15.0. The molecule has 1 heterocycles. The zero-order valence-corrected chi connectivity index (χ0v) is 20.4. The zero-order chi connectivity index (χ0) is 22.6. The third kappa shape index (κ3) is 8.15. The average Bonchev–Trinajstić information content (AvgIpc) is 3.17. The lowest BCUT2D eigenvalue weighted by Gasteiger charge is -2.28. The second-order valence-electron chi connectivity index (χ2n) is 7.57. The van der Waals surface area contributed by atoms with Crippen molar-refractivity contribution in [1.29, 1.82) is 0 Å². The summed E-state index contributed by atoms with van der Waals surface area (Å²) in [5.74, 6) is -0.171. The molecule has 0 aliphatic heterocycles. The third-order valence-electron chi connectivity index (χ3n) is 5.14. The lowest BCUT2D eigenvalue weighted by atomic mass is 10.2. The Labute approximate surface area is 194 Å². The van der Waals surface area contributed by atoms with Gasteiger partial charge in [-0.25, -0.2) is 0 Å². The highest BCUT2D eigenvalue weighted by molar-refractivity contribution is 9.10. The number of rotatable bonds is 13. The monoisotopic (exact) mass is 491 g/mol. The SMILES string of the molecule is CCCCN(Cc1cccn1C)C(=O)CN(CCCOCC)C(=O)c1cccc(Br)c1. The Bertz CT molecular complexity index is 837. The smallest absolute Gasteiger partial charge is 0.254 e. The zero-order valence-electron chi connectivity index (χ0n) is 18.8. The molecule has 1 aromatic heterocycles. The van der Waals surface area contributed by atoms with Gasteiger partial charge in [0.1, 0.15) is 6.54 Å². The predicted octanol–water partition coefficient (Wildman–Crippen LogP) is 4.49. The number of hydrogen-bond donors (Lipinski definition) is 0. The molecule has 0 aliphatic carbocycles. The van der Waals surface area contributed by atoms with E-state index in [2.05, 4.69) is 22.9 Å². The molecule has 2 rings (SSSR count). The van der Waals surface area contributed by atoms with Crippen molar-refractivity contribution in [2.75, 3.05) is 32.8 Å². The molecule has 0 bridgehead atoms. The first-order valence-corrected chi connectivity index (χ1v) is 11.8. The fraction of sp³-hybridized carbons (Fsp3) is 0.500. The molecule has 0 aliphatic rings. The molecular formula is C24H34BrN3O3. The lowest BCUT2D eigenvalue weighted by Crippen LogP contribution is -2.43. The van der Waals surface area contributed by atoms with Crippen LogP contribution in [-0.4, -0.2) is 59.0 Å². The van der Waals surface area contributed by atoms with E-state index in [9.17, 15) is 9.59 Å². The maximum absolute atomic E-state index is 13.3. The van der Waals surface area contributed by atoms with E-state index in [1.807, 2.05) is 53.9 Å². The number of halogens is 1. The fourth-order valence-corrected chi connectivity index (χ4v) is 3.72. The van der Waals surface area contributed by atoms with E-state index in [-0.39, 0.29) is 18.4 Å². The Morgan fingerprint density at radius 2 is 1.84 bits per heavy atom. The molecule has 0 radical (unpaired) electrons. The van der Waals surface area contributed by atoms with Gasteiger partial charge in [0.05, 0.1) is 6.54 Å². The van der Waals surface area contributed by atoms with Crippen molar-refractivity contribution in [3.63, 3.8) is 0 Å². The number of aryl methyl sites for hydroxylation is 1. The summed E-state index contributed by atoms with van der Waals surface area (Å²) in [6, 6.07) is 11.3. The summed E-state index contributed by atoms with van der Waals surface area (Å²) in [6.07, 6.45) is 4.61. The molecule has 0 unspecified atom stereocenters. The van der Waals surface area contributed by atoms with Crippen molar-refractivity contribution in [2.45, 2.75) is 39.7 Å². The number of benzene rings is 1. The van der Waals surface area contributed by atoms with Gasteiger partial charge < -0.3 is 19.1 Å². The molecule has 0 saturated heterocycles. The van der Waals surface area contributed by atoms with Crippen LogP contribution in [0.5, 0.6) is 0 Å². The number of unbranched alkanes of at least 4 members (excludes halogenated alkanes) is 1. The van der Waals surface area contributed by atoms with E-state index < -0.39 is 0 Å². The summed E-state index contributed by atoms with van der Waals surface area (Å²) < 4.78 is 8.30. The van der Waals surface area contributed by atoms with Crippen molar-refractivity contribution in [2.24, 2.45) is 7.05 Å². The molecule has 0 fully saturated rings. The summed E-state index contributed by atoms with van der Waals surface area (Å²) in [7, 11) is 1.98. The minimum absolute atomic E-state index is 0.0330. The topological polar surface area (TPSA) is 54.8 Å². The molecule has 7 heteroatoms. The number of carbonyl (C=O) groups is 2. The Morgan fingerprint density at radius 1 is 1.06 bits per heavy atom. The van der Waals surface area contributed by atoms with Crippen molar-refractivity contribution < 1.29 is 14.3 Å². The second-order valence-corrected chi connectivity index (χ2v) is 8.48. The van der Waals surface area contributed by atoms with Gasteiger partial charge >= 0.3 is 0 Å². The van der Waals surface area contributed by atoms with Gasteiger partial charge in [-0.05, 0) is 50.1 Å². The number of hydrogen-bond acceptors (Lipinski definition) is 3. The molecule has 6 nitrogen and oxygen atoms in total. The highest BCUT2D eigenvalue weighted by Crippen LogP contribution is 2.15. The van der Waals surface area contributed by atoms with Gasteiger partial charge in [0.2, 0.25) is 5.91 Å². The van der Waals surface area contributed by atoms with Gasteiger partial charge in [-0.3, -0.25) is 9.59 Å². The van der Waals surface area contributed by atoms with Crippen molar-refractivity contribution in [3.05, 3.63) is 58.3 Å². The normalized spacial score (nSPS) is 10.8. The number of ether oxygens (including phenoxy) is 1. The number of nitrogens with zero attached hydrogens (tertiary/aromatic N) is 3. The summed E-state index contributed by atoms with van der Waals surface area (Å²) in [6.45, 7) is 7.02. The number of aromatic nitrogens is 1. The quantitative estimate of drug-likeness (QED) is 0.388. The molecule has 0 atom stereocenters. The molecule has 31 heavy (non-hydrogen) atoms. The maximum atomic E-state index is 13.3. The van der Waals surface area contributed by atoms with Crippen LogP contribution in [0.4, 0.5) is 0 Å². The van der Waals surface area contributed by atoms with Gasteiger partial charge in [0.15, 0.2) is 0 Å². The van der Waals surface area contributed by atoms with E-state index in [4.69, 9.17) is 4.74 Å². The minimum atomic E-state index is -0.138. The molecule has 170 valence electrons. The highest BCUT2D eigenvalue weighted by Gasteiger charge is 2.23. The number of amides is 2. The van der Waals surface area contributed by atoms with Crippen LogP contribution >= 0.6 is 15.9 Å². The fourth-order valence-electron chi connectivity index (χ4n) is 3.32.